The van der Waals surface area contributed by atoms with Crippen LogP contribution < -0.4 is 15.2 Å². The summed E-state index contributed by atoms with van der Waals surface area (Å²) in [5.74, 6) is 2.13. The number of benzene rings is 1. The third-order valence-corrected chi connectivity index (χ3v) is 3.10. The summed E-state index contributed by atoms with van der Waals surface area (Å²) in [6.07, 6.45) is 1.86. The molecule has 0 aromatic heterocycles. The third kappa shape index (κ3) is 5.11. The minimum atomic E-state index is 0.178. The topological polar surface area (TPSA) is 44.5 Å². The van der Waals surface area contributed by atoms with Gasteiger partial charge in [0.1, 0.15) is 0 Å². The van der Waals surface area contributed by atoms with Crippen molar-refractivity contribution in [2.45, 2.75) is 46.6 Å². The summed E-state index contributed by atoms with van der Waals surface area (Å²) >= 11 is 0. The van der Waals surface area contributed by atoms with Gasteiger partial charge in [-0.2, -0.15) is 0 Å². The molecule has 3 nitrogen and oxygen atoms in total. The summed E-state index contributed by atoms with van der Waals surface area (Å²) in [6, 6.07) is 6.30. The first-order chi connectivity index (χ1) is 9.08. The van der Waals surface area contributed by atoms with Crippen LogP contribution in [0.3, 0.4) is 0 Å². The second-order valence-corrected chi connectivity index (χ2v) is 5.17. The van der Waals surface area contributed by atoms with E-state index in [4.69, 9.17) is 15.2 Å². The SMILES string of the molecule is CCCOc1ccc(CC(N)C(C)C)cc1OCC. The molecule has 0 radical (unpaired) electrons. The van der Waals surface area contributed by atoms with E-state index in [0.717, 1.165) is 24.3 Å². The van der Waals surface area contributed by atoms with Crippen molar-refractivity contribution < 1.29 is 9.47 Å². The Bertz CT molecular complexity index is 377. The molecule has 1 unspecified atom stereocenters. The zero-order valence-corrected chi connectivity index (χ0v) is 12.6. The molecule has 19 heavy (non-hydrogen) atoms. The van der Waals surface area contributed by atoms with Crippen LogP contribution in [0.5, 0.6) is 11.5 Å². The molecule has 3 heteroatoms. The van der Waals surface area contributed by atoms with E-state index in [1.165, 1.54) is 5.56 Å². The predicted octanol–water partition coefficient (Wildman–Crippen LogP) is 3.40. The molecular formula is C16H27NO2. The Kier molecular flexibility index (Phi) is 6.71. The van der Waals surface area contributed by atoms with Gasteiger partial charge < -0.3 is 15.2 Å². The lowest BCUT2D eigenvalue weighted by atomic mass is 9.97. The molecule has 0 amide bonds. The fraction of sp³-hybridized carbons (Fsp3) is 0.625. The molecule has 0 aliphatic heterocycles. The standard InChI is InChI=1S/C16H27NO2/c1-5-9-19-15-8-7-13(10-14(17)12(3)4)11-16(15)18-6-2/h7-8,11-12,14H,5-6,9-10,17H2,1-4H3. The molecule has 0 saturated heterocycles. The second kappa shape index (κ2) is 8.05. The average Bonchev–Trinajstić information content (AvgIpc) is 2.38. The summed E-state index contributed by atoms with van der Waals surface area (Å²) in [5.41, 5.74) is 7.32. The van der Waals surface area contributed by atoms with Gasteiger partial charge in [-0.1, -0.05) is 26.8 Å². The summed E-state index contributed by atoms with van der Waals surface area (Å²) in [4.78, 5) is 0. The van der Waals surface area contributed by atoms with E-state index in [1.54, 1.807) is 0 Å². The van der Waals surface area contributed by atoms with Crippen LogP contribution in [0.15, 0.2) is 18.2 Å². The molecule has 0 aliphatic carbocycles. The van der Waals surface area contributed by atoms with Gasteiger partial charge >= 0.3 is 0 Å². The van der Waals surface area contributed by atoms with Crippen LogP contribution in [-0.2, 0) is 6.42 Å². The molecule has 1 aromatic rings. The van der Waals surface area contributed by atoms with E-state index in [-0.39, 0.29) is 6.04 Å². The Morgan fingerprint density at radius 3 is 2.42 bits per heavy atom. The van der Waals surface area contributed by atoms with E-state index >= 15 is 0 Å². The zero-order chi connectivity index (χ0) is 14.3. The summed E-state index contributed by atoms with van der Waals surface area (Å²) in [5, 5.41) is 0. The maximum atomic E-state index is 6.12. The lowest BCUT2D eigenvalue weighted by molar-refractivity contribution is 0.276. The van der Waals surface area contributed by atoms with E-state index < -0.39 is 0 Å². The first kappa shape index (κ1) is 15.8. The lowest BCUT2D eigenvalue weighted by Crippen LogP contribution is -2.28. The van der Waals surface area contributed by atoms with Crippen molar-refractivity contribution in [2.24, 2.45) is 11.7 Å². The maximum Gasteiger partial charge on any atom is 0.161 e. The summed E-state index contributed by atoms with van der Waals surface area (Å²) in [6.45, 7) is 9.72. The van der Waals surface area contributed by atoms with Gasteiger partial charge in [0.15, 0.2) is 11.5 Å². The highest BCUT2D eigenvalue weighted by atomic mass is 16.5. The van der Waals surface area contributed by atoms with Gasteiger partial charge in [0.05, 0.1) is 13.2 Å². The van der Waals surface area contributed by atoms with Crippen molar-refractivity contribution in [3.8, 4) is 11.5 Å². The zero-order valence-electron chi connectivity index (χ0n) is 12.6. The molecule has 0 saturated carbocycles. The first-order valence-electron chi connectivity index (χ1n) is 7.22. The van der Waals surface area contributed by atoms with Gasteiger partial charge in [-0.15, -0.1) is 0 Å². The van der Waals surface area contributed by atoms with Crippen molar-refractivity contribution in [2.75, 3.05) is 13.2 Å². The Balaban J connectivity index is 2.82. The maximum absolute atomic E-state index is 6.12. The van der Waals surface area contributed by atoms with Gasteiger partial charge in [-0.3, -0.25) is 0 Å². The highest BCUT2D eigenvalue weighted by Gasteiger charge is 2.11. The van der Waals surface area contributed by atoms with Crippen LogP contribution in [0.2, 0.25) is 0 Å². The Morgan fingerprint density at radius 1 is 1.11 bits per heavy atom. The number of hydrogen-bond acceptors (Lipinski definition) is 3. The molecular weight excluding hydrogens is 238 g/mol. The highest BCUT2D eigenvalue weighted by molar-refractivity contribution is 5.43. The Labute approximate surface area is 117 Å². The number of nitrogens with two attached hydrogens (primary N) is 1. The molecule has 0 fully saturated rings. The van der Waals surface area contributed by atoms with E-state index in [0.29, 0.717) is 19.1 Å². The molecule has 0 heterocycles. The molecule has 0 bridgehead atoms. The third-order valence-electron chi connectivity index (χ3n) is 3.10. The number of hydrogen-bond donors (Lipinski definition) is 1. The van der Waals surface area contributed by atoms with Crippen LogP contribution in [0.1, 0.15) is 39.7 Å². The molecule has 0 aliphatic rings. The molecule has 108 valence electrons. The fourth-order valence-corrected chi connectivity index (χ4v) is 1.79. The fourth-order valence-electron chi connectivity index (χ4n) is 1.79. The monoisotopic (exact) mass is 265 g/mol. The molecule has 1 atom stereocenters. The minimum absolute atomic E-state index is 0.178. The van der Waals surface area contributed by atoms with Crippen molar-refractivity contribution in [3.63, 3.8) is 0 Å². The van der Waals surface area contributed by atoms with Gasteiger partial charge in [0.2, 0.25) is 0 Å². The van der Waals surface area contributed by atoms with Crippen molar-refractivity contribution in [1.29, 1.82) is 0 Å². The first-order valence-corrected chi connectivity index (χ1v) is 7.22. The predicted molar refractivity (Wildman–Crippen MR) is 79.9 cm³/mol. The minimum Gasteiger partial charge on any atom is -0.490 e. The van der Waals surface area contributed by atoms with Gasteiger partial charge in [-0.05, 0) is 43.4 Å². The van der Waals surface area contributed by atoms with Gasteiger partial charge in [-0.25, -0.2) is 0 Å². The molecule has 2 N–H and O–H groups in total. The quantitative estimate of drug-likeness (QED) is 0.783. The Hall–Kier alpha value is -1.22. The normalized spacial score (nSPS) is 12.5. The smallest absolute Gasteiger partial charge is 0.161 e. The highest BCUT2D eigenvalue weighted by Crippen LogP contribution is 2.29. The summed E-state index contributed by atoms with van der Waals surface area (Å²) < 4.78 is 11.3. The number of rotatable bonds is 8. The van der Waals surface area contributed by atoms with Crippen LogP contribution in [0.4, 0.5) is 0 Å². The molecule has 1 rings (SSSR count). The van der Waals surface area contributed by atoms with Gasteiger partial charge in [0.25, 0.3) is 0 Å². The number of ether oxygens (including phenoxy) is 2. The van der Waals surface area contributed by atoms with E-state index in [2.05, 4.69) is 32.9 Å². The summed E-state index contributed by atoms with van der Waals surface area (Å²) in [7, 11) is 0. The Morgan fingerprint density at radius 2 is 1.84 bits per heavy atom. The van der Waals surface area contributed by atoms with Crippen LogP contribution in [-0.4, -0.2) is 19.3 Å². The van der Waals surface area contributed by atoms with Crippen LogP contribution in [0, 0.1) is 5.92 Å². The average molecular weight is 265 g/mol. The molecule has 1 aromatic carbocycles. The van der Waals surface area contributed by atoms with Crippen molar-refractivity contribution in [3.05, 3.63) is 23.8 Å². The van der Waals surface area contributed by atoms with Crippen molar-refractivity contribution >= 4 is 0 Å². The van der Waals surface area contributed by atoms with E-state index in [9.17, 15) is 0 Å². The van der Waals surface area contributed by atoms with E-state index in [1.807, 2.05) is 13.0 Å². The molecule has 0 spiro atoms. The lowest BCUT2D eigenvalue weighted by Gasteiger charge is -2.17. The van der Waals surface area contributed by atoms with Crippen LogP contribution in [0.25, 0.3) is 0 Å². The van der Waals surface area contributed by atoms with Crippen molar-refractivity contribution in [1.82, 2.24) is 0 Å². The van der Waals surface area contributed by atoms with Crippen LogP contribution >= 0.6 is 0 Å². The van der Waals surface area contributed by atoms with Gasteiger partial charge in [0, 0.05) is 6.04 Å². The second-order valence-electron chi connectivity index (χ2n) is 5.17. The largest absolute Gasteiger partial charge is 0.490 e.